The van der Waals surface area contributed by atoms with Crippen molar-refractivity contribution in [1.29, 1.82) is 0 Å². The lowest BCUT2D eigenvalue weighted by Crippen LogP contribution is -2.25. The third kappa shape index (κ3) is 4.54. The van der Waals surface area contributed by atoms with E-state index in [1.165, 1.54) is 5.56 Å². The van der Waals surface area contributed by atoms with Crippen LogP contribution in [-0.2, 0) is 11.2 Å². The first-order valence-electron chi connectivity index (χ1n) is 11.1. The predicted molar refractivity (Wildman–Crippen MR) is 128 cm³/mol. The van der Waals surface area contributed by atoms with Gasteiger partial charge >= 0.3 is 6.09 Å². The maximum absolute atomic E-state index is 12.5. The summed E-state index contributed by atoms with van der Waals surface area (Å²) in [7, 11) is 0. The summed E-state index contributed by atoms with van der Waals surface area (Å²) in [6.45, 7) is 0.459. The van der Waals surface area contributed by atoms with Crippen molar-refractivity contribution >= 4 is 29.1 Å². The fraction of sp³-hybridized carbons (Fsp3) is 0.231. The van der Waals surface area contributed by atoms with E-state index in [0.29, 0.717) is 41.5 Å². The molecule has 5 rings (SSSR count). The molecule has 1 saturated heterocycles. The van der Waals surface area contributed by atoms with E-state index in [1.807, 2.05) is 0 Å². The molecule has 0 spiro atoms. The minimum absolute atomic E-state index is 0.226. The summed E-state index contributed by atoms with van der Waals surface area (Å²) in [5, 5.41) is 2.80. The van der Waals surface area contributed by atoms with Crippen LogP contribution in [0.4, 0.5) is 21.9 Å². The Kier molecular flexibility index (Phi) is 5.48. The van der Waals surface area contributed by atoms with Crippen LogP contribution in [0.15, 0.2) is 72.8 Å². The second-order valence-electron chi connectivity index (χ2n) is 8.66. The molecule has 7 nitrogen and oxygen atoms in total. The molecule has 2 amide bonds. The van der Waals surface area contributed by atoms with Gasteiger partial charge in [-0.05, 0) is 53.9 Å². The SMILES string of the molecule is Nc1ccccc1NC(=O)c1ccc(N2CC(Cc3ccc(C4CC4N)cc3)OC2=O)cc1. The number of hydrogen-bond acceptors (Lipinski definition) is 5. The summed E-state index contributed by atoms with van der Waals surface area (Å²) in [4.78, 5) is 26.6. The number of nitrogens with two attached hydrogens (primary N) is 2. The zero-order valence-electron chi connectivity index (χ0n) is 18.1. The fourth-order valence-corrected chi connectivity index (χ4v) is 4.20. The van der Waals surface area contributed by atoms with Crippen molar-refractivity contribution in [1.82, 2.24) is 0 Å². The van der Waals surface area contributed by atoms with E-state index in [4.69, 9.17) is 16.2 Å². The number of nitrogen functional groups attached to an aromatic ring is 1. The Hall–Kier alpha value is -3.84. The van der Waals surface area contributed by atoms with Crippen LogP contribution in [0.25, 0.3) is 0 Å². The maximum Gasteiger partial charge on any atom is 0.414 e. The molecule has 0 radical (unpaired) electrons. The summed E-state index contributed by atoms with van der Waals surface area (Å²) < 4.78 is 5.58. The number of para-hydroxylation sites is 2. The number of rotatable bonds is 6. The molecule has 1 aliphatic carbocycles. The van der Waals surface area contributed by atoms with Crippen LogP contribution in [0.3, 0.4) is 0 Å². The number of nitrogens with one attached hydrogen (secondary N) is 1. The molecule has 3 aromatic carbocycles. The molecule has 168 valence electrons. The molecule has 7 heteroatoms. The lowest BCUT2D eigenvalue weighted by Gasteiger charge is -2.14. The van der Waals surface area contributed by atoms with Crippen molar-refractivity contribution in [3.05, 3.63) is 89.5 Å². The van der Waals surface area contributed by atoms with Gasteiger partial charge in [-0.15, -0.1) is 0 Å². The van der Waals surface area contributed by atoms with E-state index in [9.17, 15) is 9.59 Å². The van der Waals surface area contributed by atoms with Crippen LogP contribution >= 0.6 is 0 Å². The first-order valence-corrected chi connectivity index (χ1v) is 11.1. The van der Waals surface area contributed by atoms with E-state index in [0.717, 1.165) is 12.0 Å². The third-order valence-electron chi connectivity index (χ3n) is 6.24. The van der Waals surface area contributed by atoms with Crippen LogP contribution in [0.2, 0.25) is 0 Å². The molecular weight excluding hydrogens is 416 g/mol. The Labute approximate surface area is 192 Å². The van der Waals surface area contributed by atoms with Gasteiger partial charge in [0.1, 0.15) is 6.10 Å². The number of ether oxygens (including phenoxy) is 1. The first-order chi connectivity index (χ1) is 16.0. The van der Waals surface area contributed by atoms with Crippen molar-refractivity contribution in [2.75, 3.05) is 22.5 Å². The average Bonchev–Trinajstić information content (AvgIpc) is 3.44. The Morgan fingerprint density at radius 1 is 1.03 bits per heavy atom. The Morgan fingerprint density at radius 3 is 2.39 bits per heavy atom. The van der Waals surface area contributed by atoms with Gasteiger partial charge < -0.3 is 21.5 Å². The lowest BCUT2D eigenvalue weighted by atomic mass is 10.0. The predicted octanol–water partition coefficient (Wildman–Crippen LogP) is 3.90. The van der Waals surface area contributed by atoms with Gasteiger partial charge in [0, 0.05) is 29.6 Å². The molecular formula is C26H26N4O3. The van der Waals surface area contributed by atoms with Gasteiger partial charge in [0.05, 0.1) is 17.9 Å². The van der Waals surface area contributed by atoms with Crippen LogP contribution < -0.4 is 21.7 Å². The number of nitrogens with zero attached hydrogens (tertiary/aromatic N) is 1. The second-order valence-corrected chi connectivity index (χ2v) is 8.66. The van der Waals surface area contributed by atoms with Gasteiger partial charge in [0.15, 0.2) is 0 Å². The highest BCUT2D eigenvalue weighted by atomic mass is 16.6. The summed E-state index contributed by atoms with van der Waals surface area (Å²) in [6, 6.07) is 22.7. The number of carbonyl (C=O) groups is 2. The van der Waals surface area contributed by atoms with E-state index >= 15 is 0 Å². The zero-order valence-corrected chi connectivity index (χ0v) is 18.1. The van der Waals surface area contributed by atoms with Gasteiger partial charge in [-0.25, -0.2) is 4.79 Å². The van der Waals surface area contributed by atoms with Gasteiger partial charge in [-0.1, -0.05) is 36.4 Å². The van der Waals surface area contributed by atoms with Crippen molar-refractivity contribution in [2.24, 2.45) is 5.73 Å². The molecule has 3 atom stereocenters. The monoisotopic (exact) mass is 442 g/mol. The van der Waals surface area contributed by atoms with E-state index in [2.05, 4.69) is 29.6 Å². The first kappa shape index (κ1) is 21.0. The van der Waals surface area contributed by atoms with Gasteiger partial charge in [0.25, 0.3) is 5.91 Å². The number of carbonyl (C=O) groups excluding carboxylic acids is 2. The minimum Gasteiger partial charge on any atom is -0.444 e. The van der Waals surface area contributed by atoms with Gasteiger partial charge in [-0.2, -0.15) is 0 Å². The minimum atomic E-state index is -0.380. The zero-order chi connectivity index (χ0) is 22.9. The number of amides is 2. The van der Waals surface area contributed by atoms with E-state index in [1.54, 1.807) is 53.4 Å². The fourth-order valence-electron chi connectivity index (χ4n) is 4.20. The number of hydrogen-bond donors (Lipinski definition) is 3. The Balaban J connectivity index is 1.20. The summed E-state index contributed by atoms with van der Waals surface area (Å²) >= 11 is 0. The molecule has 5 N–H and O–H groups in total. The van der Waals surface area contributed by atoms with E-state index in [-0.39, 0.29) is 24.1 Å². The van der Waals surface area contributed by atoms with Crippen molar-refractivity contribution in [2.45, 2.75) is 30.9 Å². The Morgan fingerprint density at radius 2 is 1.73 bits per heavy atom. The van der Waals surface area contributed by atoms with Crippen LogP contribution in [-0.4, -0.2) is 30.7 Å². The highest BCUT2D eigenvalue weighted by Crippen LogP contribution is 2.39. The van der Waals surface area contributed by atoms with Crippen LogP contribution in [0, 0.1) is 0 Å². The van der Waals surface area contributed by atoms with E-state index < -0.39 is 0 Å². The normalized spacial score (nSPS) is 21.5. The third-order valence-corrected chi connectivity index (χ3v) is 6.24. The van der Waals surface area contributed by atoms with Crippen molar-refractivity contribution < 1.29 is 14.3 Å². The average molecular weight is 443 g/mol. The standard InChI is InChI=1S/C26H26N4O3/c27-22-3-1-2-4-24(22)29-25(31)18-9-11-19(12-10-18)30-15-20(33-26(30)32)13-16-5-7-17(8-6-16)21-14-23(21)28/h1-12,20-21,23H,13-15,27-28H2,(H,29,31). The van der Waals surface area contributed by atoms with Gasteiger partial charge in [-0.3, -0.25) is 9.69 Å². The molecule has 3 aromatic rings. The highest BCUT2D eigenvalue weighted by molar-refractivity contribution is 6.06. The maximum atomic E-state index is 12.5. The Bertz CT molecular complexity index is 1180. The molecule has 2 fully saturated rings. The molecule has 0 bridgehead atoms. The summed E-state index contributed by atoms with van der Waals surface area (Å²) in [5.41, 5.74) is 16.4. The van der Waals surface area contributed by atoms with Crippen molar-refractivity contribution in [3.8, 4) is 0 Å². The largest absolute Gasteiger partial charge is 0.444 e. The smallest absolute Gasteiger partial charge is 0.414 e. The lowest BCUT2D eigenvalue weighted by molar-refractivity contribution is 0.102. The molecule has 1 aliphatic heterocycles. The van der Waals surface area contributed by atoms with Crippen molar-refractivity contribution in [3.63, 3.8) is 0 Å². The number of benzene rings is 3. The molecule has 33 heavy (non-hydrogen) atoms. The topological polar surface area (TPSA) is 111 Å². The number of anilines is 3. The molecule has 2 aliphatic rings. The van der Waals surface area contributed by atoms with Gasteiger partial charge in [0.2, 0.25) is 0 Å². The van der Waals surface area contributed by atoms with Crippen LogP contribution in [0.1, 0.15) is 33.8 Å². The number of cyclic esters (lactones) is 1. The van der Waals surface area contributed by atoms with Crippen LogP contribution in [0.5, 0.6) is 0 Å². The molecule has 0 aromatic heterocycles. The summed E-state index contributed by atoms with van der Waals surface area (Å²) in [5.74, 6) is 0.214. The molecule has 1 heterocycles. The highest BCUT2D eigenvalue weighted by Gasteiger charge is 2.35. The summed E-state index contributed by atoms with van der Waals surface area (Å²) in [6.07, 6.45) is 1.10. The second kappa shape index (κ2) is 8.60. The molecule has 3 unspecified atom stereocenters. The quantitative estimate of drug-likeness (QED) is 0.502. The molecule has 1 saturated carbocycles.